The predicted molar refractivity (Wildman–Crippen MR) is 88.6 cm³/mol. The molecule has 0 N–H and O–H groups in total. The molecule has 0 bridgehead atoms. The first-order chi connectivity index (χ1) is 10.1. The Balaban J connectivity index is 1.79. The number of hydrogen-bond acceptors (Lipinski definition) is 3. The highest BCUT2D eigenvalue weighted by atomic mass is 32.1. The van der Waals surface area contributed by atoms with Gasteiger partial charge in [-0.15, -0.1) is 11.3 Å². The van der Waals surface area contributed by atoms with Crippen LogP contribution in [0.15, 0.2) is 35.7 Å². The van der Waals surface area contributed by atoms with E-state index >= 15 is 0 Å². The molecule has 0 unspecified atom stereocenters. The number of ketones is 1. The minimum Gasteiger partial charge on any atom is -0.494 e. The van der Waals surface area contributed by atoms with E-state index in [0.29, 0.717) is 18.9 Å². The van der Waals surface area contributed by atoms with Gasteiger partial charge >= 0.3 is 0 Å². The van der Waals surface area contributed by atoms with E-state index in [1.165, 1.54) is 22.5 Å². The fourth-order valence-electron chi connectivity index (χ4n) is 2.37. The quantitative estimate of drug-likeness (QED) is 0.517. The maximum absolute atomic E-state index is 11.8. The highest BCUT2D eigenvalue weighted by Gasteiger charge is 2.07. The van der Waals surface area contributed by atoms with Crippen LogP contribution in [0.5, 0.6) is 5.75 Å². The molecule has 3 heteroatoms. The summed E-state index contributed by atoms with van der Waals surface area (Å²) in [5.41, 5.74) is 2.62. The zero-order valence-corrected chi connectivity index (χ0v) is 13.7. The van der Waals surface area contributed by atoms with Crippen LogP contribution < -0.4 is 4.74 Å². The lowest BCUT2D eigenvalue weighted by molar-refractivity contribution is 0.0977. The van der Waals surface area contributed by atoms with Gasteiger partial charge in [0, 0.05) is 6.42 Å². The highest BCUT2D eigenvalue weighted by Crippen LogP contribution is 2.23. The standard InChI is InChI=1S/C18H22O2S/c1-13(2)16-9-8-15(12-14(16)3)20-10-4-6-17(19)18-7-5-11-21-18/h5,7-9,11-13H,4,6,10H2,1-3H3. The van der Waals surface area contributed by atoms with E-state index in [1.54, 1.807) is 0 Å². The van der Waals surface area contributed by atoms with Crippen molar-refractivity contribution in [2.45, 2.75) is 39.5 Å². The van der Waals surface area contributed by atoms with E-state index < -0.39 is 0 Å². The Kier molecular flexibility index (Phi) is 5.57. The lowest BCUT2D eigenvalue weighted by Crippen LogP contribution is -2.03. The van der Waals surface area contributed by atoms with Gasteiger partial charge in [0.25, 0.3) is 0 Å². The van der Waals surface area contributed by atoms with E-state index in [4.69, 9.17) is 4.74 Å². The SMILES string of the molecule is Cc1cc(OCCCC(=O)c2cccs2)ccc1C(C)C. The summed E-state index contributed by atoms with van der Waals surface area (Å²) in [5, 5.41) is 1.93. The number of carbonyl (C=O) groups is 1. The minimum atomic E-state index is 0.208. The normalized spacial score (nSPS) is 10.9. The van der Waals surface area contributed by atoms with Gasteiger partial charge < -0.3 is 4.74 Å². The van der Waals surface area contributed by atoms with Crippen LogP contribution in [-0.2, 0) is 0 Å². The van der Waals surface area contributed by atoms with Crippen LogP contribution in [0.25, 0.3) is 0 Å². The van der Waals surface area contributed by atoms with Crippen LogP contribution in [0, 0.1) is 6.92 Å². The Morgan fingerprint density at radius 3 is 2.71 bits per heavy atom. The minimum absolute atomic E-state index is 0.208. The summed E-state index contributed by atoms with van der Waals surface area (Å²) in [4.78, 5) is 12.7. The Bertz CT molecular complexity index is 585. The molecule has 2 aromatic rings. The molecule has 0 saturated carbocycles. The Labute approximate surface area is 130 Å². The van der Waals surface area contributed by atoms with Gasteiger partial charge in [-0.1, -0.05) is 26.0 Å². The van der Waals surface area contributed by atoms with Crippen LogP contribution in [-0.4, -0.2) is 12.4 Å². The summed E-state index contributed by atoms with van der Waals surface area (Å²) in [5.74, 6) is 1.63. The van der Waals surface area contributed by atoms with E-state index in [2.05, 4.69) is 32.9 Å². The topological polar surface area (TPSA) is 26.3 Å². The van der Waals surface area contributed by atoms with Gasteiger partial charge in [-0.2, -0.15) is 0 Å². The van der Waals surface area contributed by atoms with Crippen LogP contribution in [0.1, 0.15) is 53.4 Å². The van der Waals surface area contributed by atoms with E-state index in [1.807, 2.05) is 23.6 Å². The molecule has 0 aliphatic carbocycles. The molecule has 1 aromatic carbocycles. The number of rotatable bonds is 7. The van der Waals surface area contributed by atoms with Gasteiger partial charge in [-0.05, 0) is 54.0 Å². The molecule has 2 nitrogen and oxygen atoms in total. The van der Waals surface area contributed by atoms with Crippen molar-refractivity contribution in [3.8, 4) is 5.75 Å². The second kappa shape index (κ2) is 7.41. The molecule has 1 heterocycles. The van der Waals surface area contributed by atoms with Crippen LogP contribution in [0.2, 0.25) is 0 Å². The second-order valence-electron chi connectivity index (χ2n) is 5.53. The van der Waals surface area contributed by atoms with Gasteiger partial charge in [0.1, 0.15) is 5.75 Å². The summed E-state index contributed by atoms with van der Waals surface area (Å²) in [6.07, 6.45) is 1.30. The summed E-state index contributed by atoms with van der Waals surface area (Å²) >= 11 is 1.50. The molecule has 0 spiro atoms. The maximum atomic E-state index is 11.8. The first kappa shape index (κ1) is 15.8. The Hall–Kier alpha value is -1.61. The first-order valence-electron chi connectivity index (χ1n) is 7.38. The summed E-state index contributed by atoms with van der Waals surface area (Å²) in [6, 6.07) is 10.0. The van der Waals surface area contributed by atoms with Crippen molar-refractivity contribution < 1.29 is 9.53 Å². The molecule has 0 aliphatic heterocycles. The molecule has 0 aliphatic rings. The van der Waals surface area contributed by atoms with Gasteiger partial charge in [0.2, 0.25) is 0 Å². The Morgan fingerprint density at radius 1 is 1.29 bits per heavy atom. The third-order valence-electron chi connectivity index (χ3n) is 3.48. The average molecular weight is 302 g/mol. The van der Waals surface area contributed by atoms with Crippen LogP contribution in [0.4, 0.5) is 0 Å². The molecule has 0 saturated heterocycles. The van der Waals surface area contributed by atoms with Crippen molar-refractivity contribution in [2.75, 3.05) is 6.61 Å². The zero-order chi connectivity index (χ0) is 15.2. The summed E-state index contributed by atoms with van der Waals surface area (Å²) < 4.78 is 5.74. The molecular weight excluding hydrogens is 280 g/mol. The molecule has 0 radical (unpaired) electrons. The fourth-order valence-corrected chi connectivity index (χ4v) is 3.06. The largest absolute Gasteiger partial charge is 0.494 e. The molecule has 0 fully saturated rings. The lowest BCUT2D eigenvalue weighted by atomic mass is 9.98. The van der Waals surface area contributed by atoms with Crippen molar-refractivity contribution in [3.05, 3.63) is 51.7 Å². The number of thiophene rings is 1. The van der Waals surface area contributed by atoms with Gasteiger partial charge in [-0.25, -0.2) is 0 Å². The van der Waals surface area contributed by atoms with E-state index in [-0.39, 0.29) is 5.78 Å². The lowest BCUT2D eigenvalue weighted by Gasteiger charge is -2.12. The molecule has 2 rings (SSSR count). The number of hydrogen-bond donors (Lipinski definition) is 0. The van der Waals surface area contributed by atoms with E-state index in [9.17, 15) is 4.79 Å². The van der Waals surface area contributed by atoms with Gasteiger partial charge in [0.05, 0.1) is 11.5 Å². The number of aryl methyl sites for hydroxylation is 1. The third kappa shape index (κ3) is 4.43. The average Bonchev–Trinajstić information content (AvgIpc) is 2.97. The smallest absolute Gasteiger partial charge is 0.172 e. The maximum Gasteiger partial charge on any atom is 0.172 e. The molecule has 21 heavy (non-hydrogen) atoms. The number of ether oxygens (including phenoxy) is 1. The van der Waals surface area contributed by atoms with Crippen LogP contribution in [0.3, 0.4) is 0 Å². The molecule has 112 valence electrons. The fraction of sp³-hybridized carbons (Fsp3) is 0.389. The molecular formula is C18H22O2S. The van der Waals surface area contributed by atoms with Crippen molar-refractivity contribution in [1.29, 1.82) is 0 Å². The first-order valence-corrected chi connectivity index (χ1v) is 8.26. The number of benzene rings is 1. The Morgan fingerprint density at radius 2 is 2.10 bits per heavy atom. The monoisotopic (exact) mass is 302 g/mol. The molecule has 0 amide bonds. The summed E-state index contributed by atoms with van der Waals surface area (Å²) in [6.45, 7) is 7.08. The predicted octanol–water partition coefficient (Wildman–Crippen LogP) is 5.22. The van der Waals surface area contributed by atoms with Crippen LogP contribution >= 0.6 is 11.3 Å². The molecule has 1 aromatic heterocycles. The molecule has 0 atom stereocenters. The number of carbonyl (C=O) groups excluding carboxylic acids is 1. The third-order valence-corrected chi connectivity index (χ3v) is 4.39. The van der Waals surface area contributed by atoms with Crippen molar-refractivity contribution in [3.63, 3.8) is 0 Å². The second-order valence-corrected chi connectivity index (χ2v) is 6.47. The summed E-state index contributed by atoms with van der Waals surface area (Å²) in [7, 11) is 0. The van der Waals surface area contributed by atoms with E-state index in [0.717, 1.165) is 17.0 Å². The van der Waals surface area contributed by atoms with Crippen molar-refractivity contribution in [2.24, 2.45) is 0 Å². The van der Waals surface area contributed by atoms with Crippen molar-refractivity contribution >= 4 is 17.1 Å². The van der Waals surface area contributed by atoms with Gasteiger partial charge in [0.15, 0.2) is 5.78 Å². The van der Waals surface area contributed by atoms with Gasteiger partial charge in [-0.3, -0.25) is 4.79 Å². The zero-order valence-electron chi connectivity index (χ0n) is 12.9. The van der Waals surface area contributed by atoms with Crippen molar-refractivity contribution in [1.82, 2.24) is 0 Å². The highest BCUT2D eigenvalue weighted by molar-refractivity contribution is 7.12. The number of Topliss-reactive ketones (excluding diaryl/α,β-unsaturated/α-hetero) is 1.